The molecule has 1 saturated carbocycles. The molecule has 114 heavy (non-hydrogen) atoms. The fraction of sp³-hybridized carbons (Fsp3) is 0.512. The maximum Gasteiger partial charge on any atom is 0.252 e. The van der Waals surface area contributed by atoms with Crippen molar-refractivity contribution in [3.05, 3.63) is 137 Å². The third-order valence-corrected chi connectivity index (χ3v) is 22.6. The standard InChI is InChI=1S/C82H110N14O16S2/c1-7-18-60-81(112)96-65(43-67(96)101)77(108)89-62(41-49-29-33-55(99)34-30-49)76(107)95-69(52-21-11-9-12-22-52)79(110)86-57(8-2)72(103)92-64(71(84)102)46-114-45-51-20-15-19-50(39-51)44-113-38-35-66(100)93-70(82(4,5)6)80(111)91-61(40-48-27-31-54(98)32-28-48)74(105)87-59(25-13-10-14-36-83)73(104)94-68(47(3)97)78(109)90-63(75(106)88-60)42-53-23-16-26-58-56(53)24-17-37-85-58/h15-17,19-20,23-24,26-34,37,39,47,52,57,59-65,68-70,97-99H,7-14,18,21-22,25,35-36,38,40-46,83H2,1-6H3,(H2,84,102)(H,86,110)(H,87,105)(H,88,106)(H,89,108)(H,90,109)(H,91,111)(H,92,103)(H,93,100)(H,94,104)(H,95,107)/t47-,57+,59+,60+,61+,62+,63+,64+,65+,68+,69?,70?/m1/s1. The summed E-state index contributed by atoms with van der Waals surface area (Å²) in [5.74, 6) is -10.3. The number of aliphatic hydroxyl groups is 1. The molecule has 1 saturated heterocycles. The molecule has 30 nitrogen and oxygen atoms in total. The van der Waals surface area contributed by atoms with Crippen LogP contribution in [0.3, 0.4) is 0 Å². The molecule has 5 aromatic rings. The minimum atomic E-state index is -1.84. The zero-order chi connectivity index (χ0) is 82.8. The van der Waals surface area contributed by atoms with Gasteiger partial charge in [-0.05, 0) is 128 Å². The molecule has 3 aliphatic rings. The van der Waals surface area contributed by atoms with Crippen molar-refractivity contribution in [2.24, 2.45) is 22.8 Å². The molecule has 4 aromatic carbocycles. The molecule has 13 amide bonds. The number of aromatic hydroxyl groups is 2. The predicted molar refractivity (Wildman–Crippen MR) is 432 cm³/mol. The highest BCUT2D eigenvalue weighted by molar-refractivity contribution is 7.98. The smallest absolute Gasteiger partial charge is 0.252 e. The number of carbonyl (C=O) groups excluding carboxylic acids is 13. The van der Waals surface area contributed by atoms with E-state index in [4.69, 9.17) is 11.5 Å². The van der Waals surface area contributed by atoms with E-state index in [1.54, 1.807) is 83.3 Å². The van der Waals surface area contributed by atoms with Gasteiger partial charge in [-0.3, -0.25) is 72.2 Å². The van der Waals surface area contributed by atoms with Crippen LogP contribution < -0.4 is 64.6 Å². The summed E-state index contributed by atoms with van der Waals surface area (Å²) in [4.78, 5) is 194. The summed E-state index contributed by atoms with van der Waals surface area (Å²) in [6, 6.07) is 12.0. The van der Waals surface area contributed by atoms with Gasteiger partial charge in [0.15, 0.2) is 0 Å². The molecule has 1 aromatic heterocycles. The van der Waals surface area contributed by atoms with Crippen molar-refractivity contribution >= 4 is 111 Å². The van der Waals surface area contributed by atoms with E-state index < -0.39 is 167 Å². The highest BCUT2D eigenvalue weighted by atomic mass is 32.2. The van der Waals surface area contributed by atoms with Crippen LogP contribution in [-0.4, -0.2) is 193 Å². The lowest BCUT2D eigenvalue weighted by atomic mass is 9.83. The third kappa shape index (κ3) is 26.2. The summed E-state index contributed by atoms with van der Waals surface area (Å²) in [5.41, 5.74) is 14.5. The van der Waals surface area contributed by atoms with Crippen LogP contribution in [0.4, 0.5) is 0 Å². The number of aromatic nitrogens is 1. The first-order valence-electron chi connectivity index (χ1n) is 39.1. The van der Waals surface area contributed by atoms with Crippen molar-refractivity contribution in [1.29, 1.82) is 0 Å². The Morgan fingerprint density at radius 3 is 1.74 bits per heavy atom. The third-order valence-electron chi connectivity index (χ3n) is 20.5. The van der Waals surface area contributed by atoms with Gasteiger partial charge in [0.1, 0.15) is 78.0 Å². The van der Waals surface area contributed by atoms with Gasteiger partial charge in [-0.2, -0.15) is 23.5 Å². The quantitative estimate of drug-likeness (QED) is 0.0360. The number of pyridine rings is 1. The van der Waals surface area contributed by atoms with Crippen LogP contribution in [0.2, 0.25) is 0 Å². The van der Waals surface area contributed by atoms with Crippen LogP contribution in [0, 0.1) is 11.3 Å². The number of primary amides is 1. The molecular weight excluding hydrogens is 1500 g/mol. The second-order valence-electron chi connectivity index (χ2n) is 30.5. The second-order valence-corrected chi connectivity index (χ2v) is 32.7. The molecule has 3 heterocycles. The summed E-state index contributed by atoms with van der Waals surface area (Å²) >= 11 is 2.80. The number of nitrogens with one attached hydrogen (secondary N) is 10. The summed E-state index contributed by atoms with van der Waals surface area (Å²) in [6.45, 7) is 10.1. The van der Waals surface area contributed by atoms with Crippen molar-refractivity contribution in [2.45, 2.75) is 235 Å². The number of phenolic OH excluding ortho intramolecular Hbond substituents is 2. The number of hydrogen-bond acceptors (Lipinski definition) is 20. The van der Waals surface area contributed by atoms with E-state index in [1.807, 2.05) is 24.3 Å². The highest BCUT2D eigenvalue weighted by Gasteiger charge is 2.49. The summed E-state index contributed by atoms with van der Waals surface area (Å²) < 4.78 is 0. The van der Waals surface area contributed by atoms with Crippen LogP contribution in [-0.2, 0) is 93.1 Å². The lowest BCUT2D eigenvalue weighted by Gasteiger charge is -2.40. The van der Waals surface area contributed by atoms with Gasteiger partial charge in [0.25, 0.3) is 5.91 Å². The Morgan fingerprint density at radius 2 is 1.14 bits per heavy atom. The van der Waals surface area contributed by atoms with E-state index in [9.17, 15) is 68.1 Å². The number of β-lactam (4-membered cyclic amide) rings is 1. The Labute approximate surface area is 672 Å². The lowest BCUT2D eigenvalue weighted by molar-refractivity contribution is -0.165. The predicted octanol–water partition coefficient (Wildman–Crippen LogP) is 3.44. The van der Waals surface area contributed by atoms with Gasteiger partial charge < -0.3 is 80.0 Å². The van der Waals surface area contributed by atoms with E-state index in [0.717, 1.165) is 17.5 Å². The number of nitrogens with two attached hydrogens (primary N) is 2. The fourth-order valence-corrected chi connectivity index (χ4v) is 15.9. The zero-order valence-corrected chi connectivity index (χ0v) is 67.1. The van der Waals surface area contributed by atoms with Crippen molar-refractivity contribution < 1.29 is 77.6 Å². The molecule has 2 aliphatic heterocycles. The molecule has 32 heteroatoms. The summed E-state index contributed by atoms with van der Waals surface area (Å²) in [7, 11) is 0. The normalized spacial score (nSPS) is 24.6. The highest BCUT2D eigenvalue weighted by Crippen LogP contribution is 2.30. The van der Waals surface area contributed by atoms with E-state index in [-0.39, 0.29) is 68.6 Å². The molecule has 2 bridgehead atoms. The number of aliphatic hydroxyl groups excluding tert-OH is 1. The first-order valence-corrected chi connectivity index (χ1v) is 41.4. The molecule has 0 radical (unpaired) electrons. The van der Waals surface area contributed by atoms with Crippen LogP contribution in [0.1, 0.15) is 159 Å². The van der Waals surface area contributed by atoms with Crippen molar-refractivity contribution in [3.8, 4) is 11.5 Å². The number of nitrogens with zero attached hydrogens (tertiary/aromatic N) is 2. The number of unbranched alkanes of at least 4 members (excludes halogenated alkanes) is 2. The minimum Gasteiger partial charge on any atom is -0.508 e. The Morgan fingerprint density at radius 1 is 0.579 bits per heavy atom. The maximum absolute atomic E-state index is 15.2. The Kier molecular flexibility index (Phi) is 34.0. The SMILES string of the molecule is CCC[C@@H]1NC(=O)[C@H](Cc2cccc3ncccc23)NC(=O)[C@H]([C@@H](C)O)NC(=O)[C@H](CCCCCN)NC(=O)[C@H](Cc2ccc(O)cc2)NC(=O)C(C(C)(C)C)NC(=O)CCSCc2cccc(c2)CSC[C@@H](C(N)=O)NC(=O)[C@H](CC)NC(=O)C(C2CCCCC2)NC(=O)[C@H](Cc2ccc(O)cc2)NC(=O)[C@@H]2CC(=O)N2C1=O. The topological polar surface area (TPSA) is 471 Å². The van der Waals surface area contributed by atoms with Crippen LogP contribution in [0.15, 0.2) is 109 Å². The molecule has 8 rings (SSSR count). The molecule has 0 spiro atoms. The second kappa shape index (κ2) is 43.3. The van der Waals surface area contributed by atoms with Crippen molar-refractivity contribution in [2.75, 3.05) is 18.1 Å². The monoisotopic (exact) mass is 1610 g/mol. The number of rotatable bonds is 17. The van der Waals surface area contributed by atoms with Gasteiger partial charge in [0.2, 0.25) is 70.9 Å². The molecular formula is C82H110N14O16S2. The molecule has 616 valence electrons. The average Bonchev–Trinajstić information content (AvgIpc) is 0.771. The number of imide groups is 1. The Hall–Kier alpha value is -10.2. The van der Waals surface area contributed by atoms with E-state index >= 15 is 9.59 Å². The maximum atomic E-state index is 15.2. The number of phenols is 2. The van der Waals surface area contributed by atoms with Gasteiger partial charge in [-0.25, -0.2) is 0 Å². The fourth-order valence-electron chi connectivity index (χ4n) is 14.0. The molecule has 2 fully saturated rings. The van der Waals surface area contributed by atoms with E-state index in [0.29, 0.717) is 101 Å². The molecule has 17 N–H and O–H groups in total. The van der Waals surface area contributed by atoms with Crippen molar-refractivity contribution in [3.63, 3.8) is 0 Å². The molecule has 2 unspecified atom stereocenters. The summed E-state index contributed by atoms with van der Waals surface area (Å²) in [5, 5.41) is 60.0. The van der Waals surface area contributed by atoms with E-state index in [2.05, 4.69) is 58.2 Å². The lowest BCUT2D eigenvalue weighted by Crippen LogP contribution is -2.67. The summed E-state index contributed by atoms with van der Waals surface area (Å²) in [6.07, 6.45) is 3.43. The number of carbonyl (C=O) groups is 13. The first-order chi connectivity index (χ1) is 54.4. The van der Waals surface area contributed by atoms with Crippen LogP contribution >= 0.6 is 23.5 Å². The van der Waals surface area contributed by atoms with Gasteiger partial charge in [-0.1, -0.05) is 140 Å². The number of fused-ring (bicyclic) bond motifs is 4. The largest absolute Gasteiger partial charge is 0.508 e. The first kappa shape index (κ1) is 89.4. The van der Waals surface area contributed by atoms with Crippen LogP contribution in [0.25, 0.3) is 10.9 Å². The average molecular weight is 1610 g/mol. The minimum absolute atomic E-state index is 0.00666. The molecule has 12 atom stereocenters. The van der Waals surface area contributed by atoms with E-state index in [1.165, 1.54) is 66.8 Å². The Balaban J connectivity index is 1.13. The van der Waals surface area contributed by atoms with Crippen molar-refractivity contribution in [1.82, 2.24) is 63.1 Å². The number of benzene rings is 4. The van der Waals surface area contributed by atoms with Gasteiger partial charge >= 0.3 is 0 Å². The van der Waals surface area contributed by atoms with Crippen LogP contribution in [0.5, 0.6) is 11.5 Å². The van der Waals surface area contributed by atoms with Gasteiger partial charge in [0, 0.05) is 60.3 Å². The number of hydrogen-bond donors (Lipinski definition) is 15. The number of amides is 13. The van der Waals surface area contributed by atoms with Gasteiger partial charge in [-0.15, -0.1) is 0 Å². The zero-order valence-electron chi connectivity index (χ0n) is 65.5. The molecule has 1 aliphatic carbocycles. The van der Waals surface area contributed by atoms with Gasteiger partial charge in [0.05, 0.1) is 18.0 Å². The number of thioether (sulfide) groups is 2. The Bertz CT molecular complexity index is 4190.